The van der Waals surface area contributed by atoms with E-state index in [2.05, 4.69) is 10.2 Å². The van der Waals surface area contributed by atoms with Gasteiger partial charge < -0.3 is 14.6 Å². The summed E-state index contributed by atoms with van der Waals surface area (Å²) < 4.78 is 19.7. The number of benzene rings is 2. The Kier molecular flexibility index (Phi) is 4.43. The third-order valence-electron chi connectivity index (χ3n) is 5.59. The highest BCUT2D eigenvalue weighted by molar-refractivity contribution is 6.00. The molecule has 3 aromatic rings. The van der Waals surface area contributed by atoms with Crippen LogP contribution in [0.2, 0.25) is 0 Å². The van der Waals surface area contributed by atoms with Crippen molar-refractivity contribution in [3.8, 4) is 0 Å². The number of ketones is 1. The SMILES string of the molecule is O=C1CCCC2=C1C(c1ccco1)N(Cc1cccc(F)c1)c1ccccc1N2. The van der Waals surface area contributed by atoms with E-state index in [0.717, 1.165) is 41.1 Å². The number of halogens is 1. The minimum absolute atomic E-state index is 0.136. The van der Waals surface area contributed by atoms with E-state index in [4.69, 9.17) is 4.42 Å². The maximum absolute atomic E-state index is 13.9. The minimum atomic E-state index is -0.368. The molecular formula is C24H21FN2O2. The number of nitrogens with zero attached hydrogens (tertiary/aromatic N) is 1. The molecule has 2 aromatic carbocycles. The van der Waals surface area contributed by atoms with Crippen LogP contribution in [0.25, 0.3) is 0 Å². The summed E-state index contributed by atoms with van der Waals surface area (Å²) in [5.41, 5.74) is 4.44. The van der Waals surface area contributed by atoms with Crippen LogP contribution in [-0.2, 0) is 11.3 Å². The van der Waals surface area contributed by atoms with E-state index >= 15 is 0 Å². The van der Waals surface area contributed by atoms with E-state index in [1.807, 2.05) is 42.5 Å². The number of nitrogens with one attached hydrogen (secondary N) is 1. The van der Waals surface area contributed by atoms with Crippen LogP contribution < -0.4 is 10.2 Å². The average Bonchev–Trinajstić information content (AvgIpc) is 3.20. The van der Waals surface area contributed by atoms with E-state index < -0.39 is 0 Å². The quantitative estimate of drug-likeness (QED) is 0.634. The molecule has 0 radical (unpaired) electrons. The average molecular weight is 388 g/mol. The molecule has 2 aliphatic rings. The van der Waals surface area contributed by atoms with Crippen molar-refractivity contribution < 1.29 is 13.6 Å². The Morgan fingerprint density at radius 2 is 1.97 bits per heavy atom. The molecule has 1 aliphatic heterocycles. The van der Waals surface area contributed by atoms with Crippen molar-refractivity contribution in [2.75, 3.05) is 10.2 Å². The summed E-state index contributed by atoms with van der Waals surface area (Å²) in [5, 5.41) is 3.51. The van der Waals surface area contributed by atoms with Crippen molar-refractivity contribution in [2.24, 2.45) is 0 Å². The number of hydrogen-bond donors (Lipinski definition) is 1. The second kappa shape index (κ2) is 7.24. The summed E-state index contributed by atoms with van der Waals surface area (Å²) >= 11 is 0. The third-order valence-corrected chi connectivity index (χ3v) is 5.59. The maximum atomic E-state index is 13.9. The number of furan rings is 1. The lowest BCUT2D eigenvalue weighted by molar-refractivity contribution is -0.116. The molecule has 29 heavy (non-hydrogen) atoms. The van der Waals surface area contributed by atoms with Gasteiger partial charge >= 0.3 is 0 Å². The maximum Gasteiger partial charge on any atom is 0.163 e. The van der Waals surface area contributed by atoms with E-state index in [1.54, 1.807) is 12.3 Å². The molecule has 0 amide bonds. The van der Waals surface area contributed by atoms with Crippen molar-refractivity contribution in [1.29, 1.82) is 0 Å². The first-order chi connectivity index (χ1) is 14.2. The van der Waals surface area contributed by atoms with Crippen LogP contribution in [-0.4, -0.2) is 5.78 Å². The van der Waals surface area contributed by atoms with Crippen LogP contribution in [0.4, 0.5) is 15.8 Å². The molecule has 0 bridgehead atoms. The summed E-state index contributed by atoms with van der Waals surface area (Å²) in [6.07, 6.45) is 3.82. The molecule has 2 heterocycles. The van der Waals surface area contributed by atoms with Gasteiger partial charge in [0.05, 0.1) is 17.6 Å². The van der Waals surface area contributed by atoms with Gasteiger partial charge in [0.2, 0.25) is 0 Å². The van der Waals surface area contributed by atoms with Crippen molar-refractivity contribution in [1.82, 2.24) is 0 Å². The minimum Gasteiger partial charge on any atom is -0.467 e. The number of carbonyl (C=O) groups excluding carboxylic acids is 1. The molecule has 5 rings (SSSR count). The summed E-state index contributed by atoms with van der Waals surface area (Å²) in [7, 11) is 0. The number of fused-ring (bicyclic) bond motifs is 1. The standard InChI is InChI=1S/C24H21FN2O2/c25-17-7-3-6-16(14-17)15-27-20-10-2-1-8-18(20)26-19-9-4-11-21(28)23(19)24(27)22-12-5-13-29-22/h1-3,5-8,10,12-14,24,26H,4,9,11,15H2. The molecule has 1 aromatic heterocycles. The number of Topliss-reactive ketones (excluding diaryl/α,β-unsaturated/α-hetero) is 1. The van der Waals surface area contributed by atoms with E-state index in [0.29, 0.717) is 18.7 Å². The van der Waals surface area contributed by atoms with E-state index in [9.17, 15) is 9.18 Å². The van der Waals surface area contributed by atoms with Crippen molar-refractivity contribution in [2.45, 2.75) is 31.8 Å². The first-order valence-corrected chi connectivity index (χ1v) is 9.87. The molecule has 1 unspecified atom stereocenters. The number of allylic oxidation sites excluding steroid dienone is 1. The van der Waals surface area contributed by atoms with Crippen molar-refractivity contribution >= 4 is 17.2 Å². The molecule has 4 nitrogen and oxygen atoms in total. The van der Waals surface area contributed by atoms with Gasteiger partial charge in [-0.2, -0.15) is 0 Å². The Hall–Kier alpha value is -3.34. The van der Waals surface area contributed by atoms with E-state index in [1.165, 1.54) is 12.1 Å². The lowest BCUT2D eigenvalue weighted by atomic mass is 9.88. The number of carbonyl (C=O) groups is 1. The lowest BCUT2D eigenvalue weighted by Gasteiger charge is -2.34. The van der Waals surface area contributed by atoms with Gasteiger partial charge in [-0.1, -0.05) is 24.3 Å². The fourth-order valence-electron chi connectivity index (χ4n) is 4.35. The number of anilines is 2. The summed E-state index contributed by atoms with van der Waals surface area (Å²) in [6.45, 7) is 0.450. The Morgan fingerprint density at radius 1 is 1.07 bits per heavy atom. The van der Waals surface area contributed by atoms with Crippen LogP contribution in [0.1, 0.15) is 36.6 Å². The highest BCUT2D eigenvalue weighted by Gasteiger charge is 2.38. The normalized spacial score (nSPS) is 18.7. The van der Waals surface area contributed by atoms with Gasteiger partial charge in [-0.05, 0) is 54.8 Å². The second-order valence-corrected chi connectivity index (χ2v) is 7.49. The fraction of sp³-hybridized carbons (Fsp3) is 0.208. The zero-order valence-corrected chi connectivity index (χ0v) is 15.9. The van der Waals surface area contributed by atoms with Gasteiger partial charge in [-0.25, -0.2) is 4.39 Å². The molecule has 0 fully saturated rings. The van der Waals surface area contributed by atoms with Crippen LogP contribution in [0.15, 0.2) is 82.6 Å². The van der Waals surface area contributed by atoms with Gasteiger partial charge in [0.15, 0.2) is 5.78 Å². The van der Waals surface area contributed by atoms with Gasteiger partial charge in [0, 0.05) is 24.2 Å². The number of para-hydroxylation sites is 2. The number of hydrogen-bond acceptors (Lipinski definition) is 4. The monoisotopic (exact) mass is 388 g/mol. The second-order valence-electron chi connectivity index (χ2n) is 7.49. The fourth-order valence-corrected chi connectivity index (χ4v) is 4.35. The predicted molar refractivity (Wildman–Crippen MR) is 110 cm³/mol. The van der Waals surface area contributed by atoms with Gasteiger partial charge in [-0.3, -0.25) is 4.79 Å². The zero-order chi connectivity index (χ0) is 19.8. The van der Waals surface area contributed by atoms with Gasteiger partial charge in [0.25, 0.3) is 0 Å². The smallest absolute Gasteiger partial charge is 0.163 e. The van der Waals surface area contributed by atoms with Crippen LogP contribution in [0.5, 0.6) is 0 Å². The molecule has 1 aliphatic carbocycles. The molecule has 1 N–H and O–H groups in total. The Balaban J connectivity index is 1.71. The molecular weight excluding hydrogens is 367 g/mol. The molecule has 0 saturated carbocycles. The first-order valence-electron chi connectivity index (χ1n) is 9.87. The third kappa shape index (κ3) is 3.23. The van der Waals surface area contributed by atoms with Crippen molar-refractivity contribution in [3.05, 3.63) is 95.3 Å². The Labute approximate surface area is 168 Å². The Bertz CT molecular complexity index is 1090. The summed E-state index contributed by atoms with van der Waals surface area (Å²) in [5.74, 6) is 0.576. The van der Waals surface area contributed by atoms with Gasteiger partial charge in [-0.15, -0.1) is 0 Å². The largest absolute Gasteiger partial charge is 0.467 e. The highest BCUT2D eigenvalue weighted by atomic mass is 19.1. The first kappa shape index (κ1) is 17.7. The highest BCUT2D eigenvalue weighted by Crippen LogP contribution is 2.45. The summed E-state index contributed by atoms with van der Waals surface area (Å²) in [6, 6.07) is 18.0. The molecule has 5 heteroatoms. The van der Waals surface area contributed by atoms with Gasteiger partial charge in [0.1, 0.15) is 17.6 Å². The Morgan fingerprint density at radius 3 is 2.79 bits per heavy atom. The van der Waals surface area contributed by atoms with Crippen LogP contribution >= 0.6 is 0 Å². The van der Waals surface area contributed by atoms with Crippen LogP contribution in [0.3, 0.4) is 0 Å². The lowest BCUT2D eigenvalue weighted by Crippen LogP contribution is -2.32. The topological polar surface area (TPSA) is 45.5 Å². The molecule has 1 atom stereocenters. The predicted octanol–water partition coefficient (Wildman–Crippen LogP) is 5.60. The number of rotatable bonds is 3. The summed E-state index contributed by atoms with van der Waals surface area (Å²) in [4.78, 5) is 15.2. The molecule has 0 saturated heterocycles. The molecule has 0 spiro atoms. The van der Waals surface area contributed by atoms with Crippen molar-refractivity contribution in [3.63, 3.8) is 0 Å². The zero-order valence-electron chi connectivity index (χ0n) is 15.9. The van der Waals surface area contributed by atoms with Crippen LogP contribution in [0, 0.1) is 5.82 Å². The van der Waals surface area contributed by atoms with E-state index in [-0.39, 0.29) is 17.6 Å². The molecule has 146 valence electrons.